The van der Waals surface area contributed by atoms with E-state index in [0.29, 0.717) is 0 Å². The van der Waals surface area contributed by atoms with Gasteiger partial charge in [0.05, 0.1) is 7.85 Å². The van der Waals surface area contributed by atoms with Gasteiger partial charge in [-0.1, -0.05) is 13.8 Å². The van der Waals surface area contributed by atoms with E-state index >= 15 is 0 Å². The number of hydrogen-bond acceptors (Lipinski definition) is 0. The Balaban J connectivity index is 3.53. The molecule has 0 saturated carbocycles. The molecule has 0 fully saturated rings. The maximum Gasteiger partial charge on any atom is 0.194 e. The third kappa shape index (κ3) is 1.76. The minimum Gasteiger partial charge on any atom is -0.206 e. The first-order valence-corrected chi connectivity index (χ1v) is 3.87. The third-order valence-corrected chi connectivity index (χ3v) is 1.76. The molecule has 0 unspecified atom stereocenters. The van der Waals surface area contributed by atoms with Crippen LogP contribution >= 0.6 is 0 Å². The minimum absolute atomic E-state index is 0.280. The van der Waals surface area contributed by atoms with E-state index in [-0.39, 0.29) is 6.07 Å². The molecule has 0 spiro atoms. The maximum atomic E-state index is 13.1. The Bertz CT molecular complexity index is 368. The Morgan fingerprint density at radius 3 is 1.93 bits per heavy atom. The van der Waals surface area contributed by atoms with Gasteiger partial charge < -0.3 is 0 Å². The molecule has 0 atom stereocenters. The van der Waals surface area contributed by atoms with E-state index in [1.54, 1.807) is 0 Å². The van der Waals surface area contributed by atoms with Crippen LogP contribution in [-0.4, -0.2) is 7.85 Å². The molecule has 0 aliphatic heterocycles. The SMILES string of the molecule is [B]C(C)(C)c1c(F)cc(F)c(F)c1F. The van der Waals surface area contributed by atoms with Crippen molar-refractivity contribution in [1.82, 2.24) is 0 Å². The Kier molecular flexibility index (Phi) is 2.61. The summed E-state index contributed by atoms with van der Waals surface area (Å²) in [4.78, 5) is 0. The van der Waals surface area contributed by atoms with Gasteiger partial charge in [0.25, 0.3) is 0 Å². The van der Waals surface area contributed by atoms with Crippen LogP contribution in [0.4, 0.5) is 17.6 Å². The minimum atomic E-state index is -1.71. The predicted molar refractivity (Wildman–Crippen MR) is 45.1 cm³/mol. The normalized spacial score (nSPS) is 11.9. The van der Waals surface area contributed by atoms with Crippen LogP contribution in [0.1, 0.15) is 19.4 Å². The van der Waals surface area contributed by atoms with Crippen molar-refractivity contribution in [3.05, 3.63) is 34.9 Å². The highest BCUT2D eigenvalue weighted by atomic mass is 19.2. The standard InChI is InChI=1S/C9H7BF4/c1-9(2,10)6-4(11)3-5(12)7(13)8(6)14/h3H,1-2H3. The molecule has 5 heteroatoms. The second kappa shape index (κ2) is 3.30. The molecule has 14 heavy (non-hydrogen) atoms. The van der Waals surface area contributed by atoms with Crippen molar-refractivity contribution in [2.24, 2.45) is 0 Å². The molecular weight excluding hydrogens is 195 g/mol. The van der Waals surface area contributed by atoms with Crippen LogP contribution in [0.3, 0.4) is 0 Å². The Hall–Kier alpha value is -0.995. The quantitative estimate of drug-likeness (QED) is 0.284. The molecule has 1 rings (SSSR count). The van der Waals surface area contributed by atoms with Gasteiger partial charge in [0.2, 0.25) is 0 Å². The van der Waals surface area contributed by atoms with Gasteiger partial charge in [0.15, 0.2) is 17.5 Å². The fraction of sp³-hybridized carbons (Fsp3) is 0.333. The second-order valence-corrected chi connectivity index (χ2v) is 3.56. The summed E-state index contributed by atoms with van der Waals surface area (Å²) in [6.45, 7) is 2.59. The second-order valence-electron chi connectivity index (χ2n) is 3.56. The zero-order valence-electron chi connectivity index (χ0n) is 7.67. The molecule has 0 saturated heterocycles. The lowest BCUT2D eigenvalue weighted by molar-refractivity contribution is 0.415. The average molecular weight is 202 g/mol. The molecule has 0 aliphatic carbocycles. The largest absolute Gasteiger partial charge is 0.206 e. The molecule has 2 radical (unpaired) electrons. The summed E-state index contributed by atoms with van der Waals surface area (Å²) >= 11 is 0. The molecule has 0 heterocycles. The van der Waals surface area contributed by atoms with E-state index < -0.39 is 34.1 Å². The highest BCUT2D eigenvalue weighted by Gasteiger charge is 2.27. The van der Waals surface area contributed by atoms with Crippen molar-refractivity contribution in [3.63, 3.8) is 0 Å². The van der Waals surface area contributed by atoms with Gasteiger partial charge in [0, 0.05) is 11.6 Å². The van der Waals surface area contributed by atoms with E-state index in [4.69, 9.17) is 7.85 Å². The summed E-state index contributed by atoms with van der Waals surface area (Å²) in [5, 5.41) is -1.40. The van der Waals surface area contributed by atoms with Crippen molar-refractivity contribution in [3.8, 4) is 0 Å². The molecule has 0 aliphatic rings. The van der Waals surface area contributed by atoms with Gasteiger partial charge >= 0.3 is 0 Å². The van der Waals surface area contributed by atoms with E-state index in [0.717, 1.165) is 0 Å². The summed E-state index contributed by atoms with van der Waals surface area (Å²) in [6.07, 6.45) is 0. The Morgan fingerprint density at radius 1 is 1.00 bits per heavy atom. The van der Waals surface area contributed by atoms with Gasteiger partial charge in [-0.3, -0.25) is 0 Å². The van der Waals surface area contributed by atoms with Gasteiger partial charge in [-0.05, 0) is 5.31 Å². The zero-order valence-corrected chi connectivity index (χ0v) is 7.67. The first-order valence-electron chi connectivity index (χ1n) is 3.87. The van der Waals surface area contributed by atoms with Crippen LogP contribution in [-0.2, 0) is 5.31 Å². The highest BCUT2D eigenvalue weighted by Crippen LogP contribution is 2.28. The van der Waals surface area contributed by atoms with E-state index in [2.05, 4.69) is 0 Å². The van der Waals surface area contributed by atoms with Gasteiger partial charge in [-0.2, -0.15) is 0 Å². The monoisotopic (exact) mass is 202 g/mol. The lowest BCUT2D eigenvalue weighted by Gasteiger charge is -2.21. The fourth-order valence-corrected chi connectivity index (χ4v) is 1.16. The maximum absolute atomic E-state index is 13.1. The van der Waals surface area contributed by atoms with Gasteiger partial charge in [-0.15, -0.1) is 0 Å². The van der Waals surface area contributed by atoms with Crippen molar-refractivity contribution in [2.75, 3.05) is 0 Å². The van der Waals surface area contributed by atoms with E-state index in [1.807, 2.05) is 0 Å². The summed E-state index contributed by atoms with van der Waals surface area (Å²) in [5.74, 6) is -6.03. The summed E-state index contributed by atoms with van der Waals surface area (Å²) in [5.41, 5.74) is -0.656. The first-order chi connectivity index (χ1) is 6.25. The number of hydrogen-bond donors (Lipinski definition) is 0. The number of halogens is 4. The van der Waals surface area contributed by atoms with Crippen LogP contribution in [0.15, 0.2) is 6.07 Å². The van der Waals surface area contributed by atoms with Crippen LogP contribution in [0.2, 0.25) is 0 Å². The van der Waals surface area contributed by atoms with Crippen molar-refractivity contribution in [1.29, 1.82) is 0 Å². The zero-order chi connectivity index (χ0) is 11.1. The fourth-order valence-electron chi connectivity index (χ4n) is 1.16. The topological polar surface area (TPSA) is 0 Å². The predicted octanol–water partition coefficient (Wildman–Crippen LogP) is 2.65. The lowest BCUT2D eigenvalue weighted by Crippen LogP contribution is -2.22. The molecular formula is C9H7BF4. The number of rotatable bonds is 1. The van der Waals surface area contributed by atoms with Crippen LogP contribution in [0, 0.1) is 23.3 Å². The molecule has 1 aromatic rings. The molecule has 0 bridgehead atoms. The lowest BCUT2D eigenvalue weighted by atomic mass is 9.67. The summed E-state index contributed by atoms with van der Waals surface area (Å²) in [7, 11) is 5.41. The number of benzene rings is 1. The van der Waals surface area contributed by atoms with Crippen molar-refractivity contribution < 1.29 is 17.6 Å². The van der Waals surface area contributed by atoms with Crippen LogP contribution in [0.25, 0.3) is 0 Å². The third-order valence-electron chi connectivity index (χ3n) is 1.76. The average Bonchev–Trinajstić information content (AvgIpc) is 1.97. The molecule has 0 amide bonds. The summed E-state index contributed by atoms with van der Waals surface area (Å²) in [6, 6.07) is 0.280. The molecule has 0 N–H and O–H groups in total. The molecule has 0 nitrogen and oxygen atoms in total. The Labute approximate surface area is 80.3 Å². The van der Waals surface area contributed by atoms with Crippen LogP contribution in [0.5, 0.6) is 0 Å². The smallest absolute Gasteiger partial charge is 0.194 e. The molecule has 74 valence electrons. The molecule has 0 aromatic heterocycles. The molecule has 1 aromatic carbocycles. The van der Waals surface area contributed by atoms with Crippen LogP contribution < -0.4 is 0 Å². The van der Waals surface area contributed by atoms with E-state index in [1.165, 1.54) is 13.8 Å². The van der Waals surface area contributed by atoms with E-state index in [9.17, 15) is 17.6 Å². The Morgan fingerprint density at radius 2 is 1.50 bits per heavy atom. The van der Waals surface area contributed by atoms with Crippen molar-refractivity contribution in [2.45, 2.75) is 19.2 Å². The summed E-state index contributed by atoms with van der Waals surface area (Å²) < 4.78 is 51.4. The van der Waals surface area contributed by atoms with Crippen molar-refractivity contribution >= 4 is 7.85 Å². The highest BCUT2D eigenvalue weighted by molar-refractivity contribution is 6.15. The van der Waals surface area contributed by atoms with Gasteiger partial charge in [0.1, 0.15) is 5.82 Å². The van der Waals surface area contributed by atoms with Gasteiger partial charge in [-0.25, -0.2) is 17.6 Å². The first kappa shape index (κ1) is 11.1.